The van der Waals surface area contributed by atoms with Gasteiger partial charge in [0.15, 0.2) is 5.69 Å². The van der Waals surface area contributed by atoms with Crippen molar-refractivity contribution in [1.82, 2.24) is 4.98 Å². The summed E-state index contributed by atoms with van der Waals surface area (Å²) in [6.07, 6.45) is 1.93. The molecular formula is C17H16ClFN4. The zero-order valence-electron chi connectivity index (χ0n) is 12.5. The predicted molar refractivity (Wildman–Crippen MR) is 89.2 cm³/mol. The molecule has 0 aliphatic carbocycles. The number of nitriles is 1. The van der Waals surface area contributed by atoms with Crippen molar-refractivity contribution in [2.45, 2.75) is 18.9 Å². The highest BCUT2D eigenvalue weighted by atomic mass is 35.5. The van der Waals surface area contributed by atoms with Crippen LogP contribution in [0.4, 0.5) is 15.9 Å². The number of pyridine rings is 1. The second kappa shape index (κ2) is 6.84. The van der Waals surface area contributed by atoms with Gasteiger partial charge in [0.05, 0.1) is 10.7 Å². The third-order valence-corrected chi connectivity index (χ3v) is 4.22. The minimum atomic E-state index is -0.204. The fourth-order valence-corrected chi connectivity index (χ4v) is 2.98. The standard InChI is InChI=1S/C17H16ClFN4/c18-13-7-8-17(22-15(13)10-20)21-12-4-3-9-23(11-12)16-6-2-1-5-14(16)19/h1-2,5-8,12H,3-4,9,11H2,(H,21,22). The van der Waals surface area contributed by atoms with Crippen LogP contribution >= 0.6 is 11.6 Å². The number of nitrogens with zero attached hydrogens (tertiary/aromatic N) is 3. The maximum absolute atomic E-state index is 13.9. The summed E-state index contributed by atoms with van der Waals surface area (Å²) in [5.74, 6) is 0.413. The van der Waals surface area contributed by atoms with Crippen LogP contribution in [0.2, 0.25) is 5.02 Å². The molecule has 0 bridgehead atoms. The summed E-state index contributed by atoms with van der Waals surface area (Å²) >= 11 is 5.90. The second-order valence-corrected chi connectivity index (χ2v) is 5.93. The molecule has 1 saturated heterocycles. The lowest BCUT2D eigenvalue weighted by atomic mass is 10.0. The summed E-state index contributed by atoms with van der Waals surface area (Å²) in [7, 11) is 0. The Labute approximate surface area is 139 Å². The van der Waals surface area contributed by atoms with E-state index in [-0.39, 0.29) is 17.6 Å². The first-order valence-electron chi connectivity index (χ1n) is 7.50. The minimum absolute atomic E-state index is 0.142. The summed E-state index contributed by atoms with van der Waals surface area (Å²) in [5.41, 5.74) is 0.833. The number of nitrogens with one attached hydrogen (secondary N) is 1. The van der Waals surface area contributed by atoms with Crippen molar-refractivity contribution in [2.75, 3.05) is 23.3 Å². The Morgan fingerprint density at radius 2 is 2.13 bits per heavy atom. The molecule has 1 fully saturated rings. The van der Waals surface area contributed by atoms with E-state index >= 15 is 0 Å². The monoisotopic (exact) mass is 330 g/mol. The van der Waals surface area contributed by atoms with Gasteiger partial charge in [-0.05, 0) is 37.1 Å². The lowest BCUT2D eigenvalue weighted by molar-refractivity contribution is 0.518. The van der Waals surface area contributed by atoms with E-state index in [1.807, 2.05) is 17.0 Å². The maximum Gasteiger partial charge on any atom is 0.161 e. The van der Waals surface area contributed by atoms with Crippen LogP contribution in [0.5, 0.6) is 0 Å². The van der Waals surface area contributed by atoms with E-state index in [0.29, 0.717) is 23.1 Å². The van der Waals surface area contributed by atoms with E-state index in [4.69, 9.17) is 16.9 Å². The Hall–Kier alpha value is -2.32. The molecule has 0 radical (unpaired) electrons. The highest BCUT2D eigenvalue weighted by molar-refractivity contribution is 6.31. The van der Waals surface area contributed by atoms with Gasteiger partial charge in [0.25, 0.3) is 0 Å². The zero-order valence-corrected chi connectivity index (χ0v) is 13.2. The van der Waals surface area contributed by atoms with Crippen LogP contribution in [0.1, 0.15) is 18.5 Å². The van der Waals surface area contributed by atoms with Crippen LogP contribution in [0.3, 0.4) is 0 Å². The topological polar surface area (TPSA) is 52.0 Å². The van der Waals surface area contributed by atoms with Crippen molar-refractivity contribution in [3.05, 3.63) is 52.9 Å². The number of hydrogen-bond acceptors (Lipinski definition) is 4. The summed E-state index contributed by atoms with van der Waals surface area (Å²) in [4.78, 5) is 6.24. The fraction of sp³-hybridized carbons (Fsp3) is 0.294. The van der Waals surface area contributed by atoms with Crippen LogP contribution in [-0.2, 0) is 0 Å². The first-order valence-corrected chi connectivity index (χ1v) is 7.88. The molecule has 6 heteroatoms. The summed E-state index contributed by atoms with van der Waals surface area (Å²) < 4.78 is 13.9. The predicted octanol–water partition coefficient (Wildman–Crippen LogP) is 3.83. The molecule has 1 aromatic heterocycles. The van der Waals surface area contributed by atoms with Crippen molar-refractivity contribution in [3.63, 3.8) is 0 Å². The normalized spacial score (nSPS) is 17.6. The molecule has 2 aromatic rings. The van der Waals surface area contributed by atoms with Gasteiger partial charge in [-0.1, -0.05) is 23.7 Å². The Morgan fingerprint density at radius 1 is 1.30 bits per heavy atom. The third kappa shape index (κ3) is 3.54. The summed E-state index contributed by atoms with van der Waals surface area (Å²) in [6.45, 7) is 1.52. The molecule has 4 nitrogen and oxygen atoms in total. The van der Waals surface area contributed by atoms with Crippen molar-refractivity contribution >= 4 is 23.1 Å². The zero-order chi connectivity index (χ0) is 16.2. The van der Waals surface area contributed by atoms with Gasteiger partial charge >= 0.3 is 0 Å². The van der Waals surface area contributed by atoms with Gasteiger partial charge in [0, 0.05) is 19.1 Å². The summed E-state index contributed by atoms with van der Waals surface area (Å²) in [5, 5.41) is 12.7. The molecule has 1 aliphatic heterocycles. The first-order chi connectivity index (χ1) is 11.2. The molecule has 118 valence electrons. The molecular weight excluding hydrogens is 315 g/mol. The number of para-hydroxylation sites is 1. The van der Waals surface area contributed by atoms with Gasteiger partial charge in [-0.3, -0.25) is 0 Å². The fourth-order valence-electron chi connectivity index (χ4n) is 2.83. The SMILES string of the molecule is N#Cc1nc(NC2CCCN(c3ccccc3F)C2)ccc1Cl. The lowest BCUT2D eigenvalue weighted by Gasteiger charge is -2.35. The number of halogens is 2. The molecule has 2 heterocycles. The van der Waals surface area contributed by atoms with Crippen LogP contribution in [0.15, 0.2) is 36.4 Å². The lowest BCUT2D eigenvalue weighted by Crippen LogP contribution is -2.42. The molecule has 0 saturated carbocycles. The van der Waals surface area contributed by atoms with Crippen molar-refractivity contribution in [1.29, 1.82) is 5.26 Å². The Balaban J connectivity index is 1.72. The van der Waals surface area contributed by atoms with Gasteiger partial charge in [-0.15, -0.1) is 0 Å². The van der Waals surface area contributed by atoms with Crippen molar-refractivity contribution in [2.24, 2.45) is 0 Å². The van der Waals surface area contributed by atoms with Crippen LogP contribution in [0.25, 0.3) is 0 Å². The van der Waals surface area contributed by atoms with Gasteiger partial charge < -0.3 is 10.2 Å². The van der Waals surface area contributed by atoms with E-state index in [9.17, 15) is 4.39 Å². The van der Waals surface area contributed by atoms with E-state index in [0.717, 1.165) is 19.4 Å². The highest BCUT2D eigenvalue weighted by Crippen LogP contribution is 2.24. The Bertz CT molecular complexity index is 744. The van der Waals surface area contributed by atoms with Crippen LogP contribution in [-0.4, -0.2) is 24.1 Å². The van der Waals surface area contributed by atoms with Gasteiger partial charge in [-0.25, -0.2) is 9.37 Å². The Kier molecular flexibility index (Phi) is 4.63. The van der Waals surface area contributed by atoms with Crippen molar-refractivity contribution < 1.29 is 4.39 Å². The van der Waals surface area contributed by atoms with E-state index in [1.54, 1.807) is 24.3 Å². The minimum Gasteiger partial charge on any atom is -0.367 e. The first kappa shape index (κ1) is 15.6. The molecule has 0 amide bonds. The number of hydrogen-bond donors (Lipinski definition) is 1. The molecule has 3 rings (SSSR count). The molecule has 1 unspecified atom stereocenters. The van der Waals surface area contributed by atoms with Crippen LogP contribution < -0.4 is 10.2 Å². The molecule has 0 spiro atoms. The van der Waals surface area contributed by atoms with Gasteiger partial charge in [0.2, 0.25) is 0 Å². The van der Waals surface area contributed by atoms with E-state index in [1.165, 1.54) is 6.07 Å². The third-order valence-electron chi connectivity index (χ3n) is 3.92. The quantitative estimate of drug-likeness (QED) is 0.929. The van der Waals surface area contributed by atoms with E-state index in [2.05, 4.69) is 10.3 Å². The number of benzene rings is 1. The second-order valence-electron chi connectivity index (χ2n) is 5.52. The van der Waals surface area contributed by atoms with Crippen LogP contribution in [0, 0.1) is 17.1 Å². The summed E-state index contributed by atoms with van der Waals surface area (Å²) in [6, 6.07) is 12.3. The number of anilines is 2. The molecule has 1 N–H and O–H groups in total. The molecule has 1 aliphatic rings. The average Bonchev–Trinajstić information content (AvgIpc) is 2.57. The van der Waals surface area contributed by atoms with Gasteiger partial charge in [0.1, 0.15) is 17.7 Å². The van der Waals surface area contributed by atoms with Gasteiger partial charge in [-0.2, -0.15) is 5.26 Å². The van der Waals surface area contributed by atoms with Crippen molar-refractivity contribution in [3.8, 4) is 6.07 Å². The average molecular weight is 331 g/mol. The largest absolute Gasteiger partial charge is 0.367 e. The molecule has 23 heavy (non-hydrogen) atoms. The smallest absolute Gasteiger partial charge is 0.161 e. The maximum atomic E-state index is 13.9. The number of aromatic nitrogens is 1. The number of rotatable bonds is 3. The Morgan fingerprint density at radius 3 is 2.91 bits per heavy atom. The molecule has 1 atom stereocenters. The van der Waals surface area contributed by atoms with E-state index < -0.39 is 0 Å². The molecule has 1 aromatic carbocycles. The highest BCUT2D eigenvalue weighted by Gasteiger charge is 2.22. The number of piperidine rings is 1.